The Labute approximate surface area is 185 Å². The molecule has 1 heterocycles. The summed E-state index contributed by atoms with van der Waals surface area (Å²) in [5, 5.41) is 0. The van der Waals surface area contributed by atoms with Crippen molar-refractivity contribution in [2.24, 2.45) is 0 Å². The normalized spacial score (nSPS) is 12.3. The van der Waals surface area contributed by atoms with Crippen LogP contribution in [0.25, 0.3) is 0 Å². The van der Waals surface area contributed by atoms with Gasteiger partial charge in [0.1, 0.15) is 5.82 Å². The van der Waals surface area contributed by atoms with Crippen LogP contribution in [0.5, 0.6) is 0 Å². The van der Waals surface area contributed by atoms with Gasteiger partial charge in [0.05, 0.1) is 17.8 Å². The maximum atomic E-state index is 13.1. The Balaban J connectivity index is 1.41. The van der Waals surface area contributed by atoms with Crippen LogP contribution in [0, 0.1) is 5.82 Å². The summed E-state index contributed by atoms with van der Waals surface area (Å²) in [6.45, 7) is -0.424. The van der Waals surface area contributed by atoms with E-state index >= 15 is 0 Å². The highest BCUT2D eigenvalue weighted by Crippen LogP contribution is 2.35. The summed E-state index contributed by atoms with van der Waals surface area (Å²) in [6.07, 6.45) is 1.38. The number of Topliss-reactive ketones (excluding diaryl/α,β-unsaturated/α-hetero) is 1. The topological polar surface area (TPSA) is 63.7 Å². The average molecular weight is 431 g/mol. The smallest absolute Gasteiger partial charge is 0.306 e. The lowest BCUT2D eigenvalue weighted by atomic mass is 10.0. The number of ether oxygens (including phenoxy) is 1. The predicted octanol–water partition coefficient (Wildman–Crippen LogP) is 4.80. The Morgan fingerprint density at radius 1 is 0.781 bits per heavy atom. The quantitative estimate of drug-likeness (QED) is 0.416. The van der Waals surface area contributed by atoms with E-state index < -0.39 is 18.4 Å². The highest BCUT2D eigenvalue weighted by Gasteiger charge is 2.26. The van der Waals surface area contributed by atoms with Crippen molar-refractivity contribution in [3.05, 3.63) is 95.3 Å². The maximum absolute atomic E-state index is 13.1. The number of esters is 1. The van der Waals surface area contributed by atoms with Gasteiger partial charge in [-0.05, 0) is 60.4 Å². The molecule has 3 aromatic carbocycles. The molecule has 0 N–H and O–H groups in total. The number of hydrogen-bond acceptors (Lipinski definition) is 4. The summed E-state index contributed by atoms with van der Waals surface area (Å²) in [5.41, 5.74) is 3.99. The Bertz CT molecular complexity index is 1110. The van der Waals surface area contributed by atoms with Gasteiger partial charge in [-0.15, -0.1) is 0 Å². The zero-order valence-corrected chi connectivity index (χ0v) is 17.4. The first-order valence-corrected chi connectivity index (χ1v) is 10.5. The van der Waals surface area contributed by atoms with E-state index in [1.54, 1.807) is 4.90 Å². The SMILES string of the molecule is O=C(CCC(=O)c1ccc(F)cc1)OCC(=O)N1c2ccccc2CCc2ccccc21. The number of carbonyl (C=O) groups is 3. The molecule has 162 valence electrons. The Morgan fingerprint density at radius 3 is 1.94 bits per heavy atom. The van der Waals surface area contributed by atoms with Gasteiger partial charge in [0, 0.05) is 12.0 Å². The van der Waals surface area contributed by atoms with Gasteiger partial charge < -0.3 is 4.74 Å². The second-order valence-corrected chi connectivity index (χ2v) is 7.58. The molecule has 4 rings (SSSR count). The number of ketones is 1. The van der Waals surface area contributed by atoms with Crippen LogP contribution in [0.4, 0.5) is 15.8 Å². The fraction of sp³-hybridized carbons (Fsp3) is 0.192. The van der Waals surface area contributed by atoms with Crippen molar-refractivity contribution >= 4 is 29.0 Å². The first kappa shape index (κ1) is 21.4. The number of amides is 1. The lowest BCUT2D eigenvalue weighted by molar-refractivity contribution is -0.147. The molecular weight excluding hydrogens is 409 g/mol. The van der Waals surface area contributed by atoms with Crippen molar-refractivity contribution in [1.29, 1.82) is 0 Å². The third kappa shape index (κ3) is 4.75. The largest absolute Gasteiger partial charge is 0.456 e. The number of rotatable bonds is 6. The molecule has 0 aliphatic carbocycles. The van der Waals surface area contributed by atoms with E-state index in [9.17, 15) is 18.8 Å². The number of halogens is 1. The second-order valence-electron chi connectivity index (χ2n) is 7.58. The van der Waals surface area contributed by atoms with E-state index in [1.807, 2.05) is 48.5 Å². The third-order valence-corrected chi connectivity index (χ3v) is 5.46. The van der Waals surface area contributed by atoms with Gasteiger partial charge >= 0.3 is 5.97 Å². The fourth-order valence-electron chi connectivity index (χ4n) is 3.82. The van der Waals surface area contributed by atoms with Gasteiger partial charge in [-0.1, -0.05) is 36.4 Å². The van der Waals surface area contributed by atoms with E-state index in [2.05, 4.69) is 0 Å². The molecule has 32 heavy (non-hydrogen) atoms. The number of aryl methyl sites for hydroxylation is 2. The zero-order chi connectivity index (χ0) is 22.5. The molecule has 1 aliphatic heterocycles. The van der Waals surface area contributed by atoms with Gasteiger partial charge in [-0.25, -0.2) is 4.39 Å². The Morgan fingerprint density at radius 2 is 1.34 bits per heavy atom. The minimum absolute atomic E-state index is 0.0754. The van der Waals surface area contributed by atoms with Crippen molar-refractivity contribution in [2.45, 2.75) is 25.7 Å². The number of benzene rings is 3. The fourth-order valence-corrected chi connectivity index (χ4v) is 3.82. The number of nitrogens with zero attached hydrogens (tertiary/aromatic N) is 1. The minimum Gasteiger partial charge on any atom is -0.456 e. The monoisotopic (exact) mass is 431 g/mol. The molecule has 0 fully saturated rings. The van der Waals surface area contributed by atoms with Crippen molar-refractivity contribution in [3.8, 4) is 0 Å². The van der Waals surface area contributed by atoms with Crippen molar-refractivity contribution in [3.63, 3.8) is 0 Å². The van der Waals surface area contributed by atoms with Crippen LogP contribution in [-0.4, -0.2) is 24.3 Å². The average Bonchev–Trinajstić information content (AvgIpc) is 2.98. The standard InChI is InChI=1S/C26H22FNO4/c27-21-13-11-20(12-14-21)24(29)15-16-26(31)32-17-25(30)28-22-7-3-1-5-18(22)9-10-19-6-2-4-8-23(19)28/h1-8,11-14H,9-10,15-17H2. The lowest BCUT2D eigenvalue weighted by Crippen LogP contribution is -2.31. The second kappa shape index (κ2) is 9.56. The first-order valence-electron chi connectivity index (χ1n) is 10.5. The lowest BCUT2D eigenvalue weighted by Gasteiger charge is -2.24. The third-order valence-electron chi connectivity index (χ3n) is 5.46. The molecule has 0 radical (unpaired) electrons. The number of para-hydroxylation sites is 2. The summed E-state index contributed by atoms with van der Waals surface area (Å²) in [4.78, 5) is 39.1. The summed E-state index contributed by atoms with van der Waals surface area (Å²) in [7, 11) is 0. The van der Waals surface area contributed by atoms with Gasteiger partial charge in [0.15, 0.2) is 12.4 Å². The zero-order valence-electron chi connectivity index (χ0n) is 17.4. The van der Waals surface area contributed by atoms with E-state index in [0.29, 0.717) is 5.56 Å². The van der Waals surface area contributed by atoms with Gasteiger partial charge in [-0.2, -0.15) is 0 Å². The Hall–Kier alpha value is -3.80. The van der Waals surface area contributed by atoms with Gasteiger partial charge in [0.2, 0.25) is 0 Å². The minimum atomic E-state index is -0.634. The molecule has 5 nitrogen and oxygen atoms in total. The van der Waals surface area contributed by atoms with Crippen LogP contribution >= 0.6 is 0 Å². The molecule has 0 saturated carbocycles. The van der Waals surface area contributed by atoms with E-state index in [1.165, 1.54) is 24.3 Å². The summed E-state index contributed by atoms with van der Waals surface area (Å²) >= 11 is 0. The highest BCUT2D eigenvalue weighted by molar-refractivity contribution is 6.03. The molecule has 3 aromatic rings. The summed E-state index contributed by atoms with van der Waals surface area (Å²) in [6, 6.07) is 20.5. The van der Waals surface area contributed by atoms with Crippen LogP contribution in [0.15, 0.2) is 72.8 Å². The molecule has 0 bridgehead atoms. The molecule has 6 heteroatoms. The van der Waals surface area contributed by atoms with Crippen LogP contribution in [0.2, 0.25) is 0 Å². The van der Waals surface area contributed by atoms with Gasteiger partial charge in [-0.3, -0.25) is 19.3 Å². The van der Waals surface area contributed by atoms with Crippen LogP contribution in [0.3, 0.4) is 0 Å². The van der Waals surface area contributed by atoms with Crippen molar-refractivity contribution in [2.75, 3.05) is 11.5 Å². The summed E-state index contributed by atoms with van der Waals surface area (Å²) < 4.78 is 18.2. The molecule has 0 unspecified atom stereocenters. The molecular formula is C26H22FNO4. The van der Waals surface area contributed by atoms with E-state index in [4.69, 9.17) is 4.74 Å². The molecule has 1 amide bonds. The number of carbonyl (C=O) groups excluding carboxylic acids is 3. The Kier molecular flexibility index (Phi) is 6.40. The number of hydrogen-bond donors (Lipinski definition) is 0. The van der Waals surface area contributed by atoms with Crippen molar-refractivity contribution in [1.82, 2.24) is 0 Å². The van der Waals surface area contributed by atoms with E-state index in [-0.39, 0.29) is 24.5 Å². The molecule has 0 aromatic heterocycles. The van der Waals surface area contributed by atoms with Crippen molar-refractivity contribution < 1.29 is 23.5 Å². The van der Waals surface area contributed by atoms with Crippen LogP contribution < -0.4 is 4.90 Å². The number of anilines is 2. The molecule has 0 spiro atoms. The molecule has 0 saturated heterocycles. The van der Waals surface area contributed by atoms with Crippen LogP contribution in [0.1, 0.15) is 34.3 Å². The maximum Gasteiger partial charge on any atom is 0.306 e. The van der Waals surface area contributed by atoms with E-state index in [0.717, 1.165) is 35.3 Å². The molecule has 0 atom stereocenters. The number of fused-ring (bicyclic) bond motifs is 2. The van der Waals surface area contributed by atoms with Gasteiger partial charge in [0.25, 0.3) is 5.91 Å². The summed E-state index contributed by atoms with van der Waals surface area (Å²) in [5.74, 6) is -1.71. The highest BCUT2D eigenvalue weighted by atomic mass is 19.1. The molecule has 1 aliphatic rings. The van der Waals surface area contributed by atoms with Crippen LogP contribution in [-0.2, 0) is 27.2 Å². The first-order chi connectivity index (χ1) is 15.5. The predicted molar refractivity (Wildman–Crippen MR) is 118 cm³/mol.